The third-order valence-electron chi connectivity index (χ3n) is 5.03. The fourth-order valence-electron chi connectivity index (χ4n) is 3.81. The molecule has 0 spiro atoms. The lowest BCUT2D eigenvalue weighted by Crippen LogP contribution is -2.46. The minimum Gasteiger partial charge on any atom is -0.496 e. The average Bonchev–Trinajstić information content (AvgIpc) is 2.86. The molecule has 0 aromatic heterocycles. The lowest BCUT2D eigenvalue weighted by molar-refractivity contribution is -0.159. The van der Waals surface area contributed by atoms with Crippen molar-refractivity contribution < 1.29 is 19.4 Å². The molecular weight excluding hydrogens is 282 g/mol. The summed E-state index contributed by atoms with van der Waals surface area (Å²) in [6.45, 7) is 5.22. The van der Waals surface area contributed by atoms with Gasteiger partial charge < -0.3 is 14.6 Å². The number of hydrogen-bond acceptors (Lipinski definition) is 4. The maximum absolute atomic E-state index is 11.8. The second kappa shape index (κ2) is 5.89. The highest BCUT2D eigenvalue weighted by molar-refractivity contribution is 5.76. The Labute approximate surface area is 130 Å². The van der Waals surface area contributed by atoms with Gasteiger partial charge in [-0.1, -0.05) is 12.1 Å². The molecule has 1 aromatic carbocycles. The average molecular weight is 305 g/mol. The highest BCUT2D eigenvalue weighted by Crippen LogP contribution is 2.42. The molecule has 0 unspecified atom stereocenters. The molecule has 5 nitrogen and oxygen atoms in total. The van der Waals surface area contributed by atoms with E-state index in [0.29, 0.717) is 19.8 Å². The van der Waals surface area contributed by atoms with Crippen molar-refractivity contribution >= 4 is 5.97 Å². The molecular formula is C17H23NO4. The molecule has 1 N–H and O–H groups in total. The third-order valence-corrected chi connectivity index (χ3v) is 5.03. The highest BCUT2D eigenvalue weighted by atomic mass is 16.5. The molecule has 0 bridgehead atoms. The summed E-state index contributed by atoms with van der Waals surface area (Å²) in [4.78, 5) is 14.0. The van der Waals surface area contributed by atoms with Crippen molar-refractivity contribution in [3.05, 3.63) is 29.3 Å². The Kier molecular flexibility index (Phi) is 4.10. The van der Waals surface area contributed by atoms with E-state index in [-0.39, 0.29) is 5.92 Å². The number of nitrogens with zero attached hydrogens (tertiary/aromatic N) is 1. The zero-order chi connectivity index (χ0) is 15.7. The number of aryl methyl sites for hydroxylation is 1. The van der Waals surface area contributed by atoms with Gasteiger partial charge >= 0.3 is 5.97 Å². The standard InChI is InChI=1S/C17H23NO4/c1-12-7-13(3-4-15(12)21-2)8-18-9-14-5-6-22-11-17(14,10-18)16(19)20/h3-4,7,14H,5-6,8-11H2,1-2H3,(H,19,20)/t14-,17+/m0/s1. The lowest BCUT2D eigenvalue weighted by atomic mass is 9.76. The van der Waals surface area contributed by atoms with E-state index in [9.17, 15) is 9.90 Å². The van der Waals surface area contributed by atoms with E-state index in [1.165, 1.54) is 5.56 Å². The first-order valence-corrected chi connectivity index (χ1v) is 7.72. The van der Waals surface area contributed by atoms with E-state index >= 15 is 0 Å². The second-order valence-corrected chi connectivity index (χ2v) is 6.47. The predicted octanol–water partition coefficient (Wildman–Crippen LogP) is 1.93. The van der Waals surface area contributed by atoms with Crippen LogP contribution in [-0.4, -0.2) is 49.4 Å². The van der Waals surface area contributed by atoms with Crippen LogP contribution < -0.4 is 4.74 Å². The summed E-state index contributed by atoms with van der Waals surface area (Å²) in [6.07, 6.45) is 0.838. The van der Waals surface area contributed by atoms with Gasteiger partial charge in [0.15, 0.2) is 0 Å². The summed E-state index contributed by atoms with van der Waals surface area (Å²) in [5.41, 5.74) is 1.58. The number of methoxy groups -OCH3 is 1. The van der Waals surface area contributed by atoms with E-state index in [1.807, 2.05) is 13.0 Å². The number of ether oxygens (including phenoxy) is 2. The Morgan fingerprint density at radius 1 is 1.55 bits per heavy atom. The molecule has 120 valence electrons. The molecule has 2 heterocycles. The van der Waals surface area contributed by atoms with Gasteiger partial charge in [-0.15, -0.1) is 0 Å². The third kappa shape index (κ3) is 2.59. The minimum absolute atomic E-state index is 0.193. The molecule has 22 heavy (non-hydrogen) atoms. The molecule has 0 radical (unpaired) electrons. The monoisotopic (exact) mass is 305 g/mol. The Bertz CT molecular complexity index is 574. The van der Waals surface area contributed by atoms with Crippen LogP contribution in [0, 0.1) is 18.3 Å². The number of aliphatic carboxylic acids is 1. The fourth-order valence-corrected chi connectivity index (χ4v) is 3.81. The summed E-state index contributed by atoms with van der Waals surface area (Å²) in [5.74, 6) is 0.359. The largest absolute Gasteiger partial charge is 0.496 e. The number of carbonyl (C=O) groups is 1. The molecule has 0 amide bonds. The van der Waals surface area contributed by atoms with E-state index in [0.717, 1.165) is 30.8 Å². The van der Waals surface area contributed by atoms with Gasteiger partial charge in [0.2, 0.25) is 0 Å². The number of likely N-dealkylation sites (tertiary alicyclic amines) is 1. The number of carboxylic acids is 1. The molecule has 0 saturated carbocycles. The van der Waals surface area contributed by atoms with Gasteiger partial charge in [-0.2, -0.15) is 0 Å². The normalized spacial score (nSPS) is 28.4. The van der Waals surface area contributed by atoms with Gasteiger partial charge in [0.25, 0.3) is 0 Å². The first kappa shape index (κ1) is 15.3. The molecule has 2 aliphatic rings. The highest BCUT2D eigenvalue weighted by Gasteiger charge is 2.53. The SMILES string of the molecule is COc1ccc(CN2C[C@@H]3CCOC[C@]3(C(=O)O)C2)cc1C. The summed E-state index contributed by atoms with van der Waals surface area (Å²) < 4.78 is 10.8. The lowest BCUT2D eigenvalue weighted by Gasteiger charge is -2.34. The second-order valence-electron chi connectivity index (χ2n) is 6.47. The Morgan fingerprint density at radius 3 is 3.00 bits per heavy atom. The number of carboxylic acid groups (broad SMARTS) is 1. The van der Waals surface area contributed by atoms with E-state index < -0.39 is 11.4 Å². The quantitative estimate of drug-likeness (QED) is 0.921. The number of hydrogen-bond donors (Lipinski definition) is 1. The van der Waals surface area contributed by atoms with Crippen LogP contribution in [0.5, 0.6) is 5.75 Å². The topological polar surface area (TPSA) is 59.0 Å². The minimum atomic E-state index is -0.722. The fraction of sp³-hybridized carbons (Fsp3) is 0.588. The van der Waals surface area contributed by atoms with Gasteiger partial charge in [0.1, 0.15) is 11.2 Å². The van der Waals surface area contributed by atoms with Crippen LogP contribution in [0.1, 0.15) is 17.5 Å². The van der Waals surface area contributed by atoms with Crippen molar-refractivity contribution in [3.63, 3.8) is 0 Å². The van der Waals surface area contributed by atoms with Gasteiger partial charge in [0, 0.05) is 26.2 Å². The number of benzene rings is 1. The van der Waals surface area contributed by atoms with Gasteiger partial charge in [0.05, 0.1) is 13.7 Å². The number of rotatable bonds is 4. The van der Waals surface area contributed by atoms with Crippen LogP contribution in [0.3, 0.4) is 0 Å². The molecule has 2 fully saturated rings. The Morgan fingerprint density at radius 2 is 2.36 bits per heavy atom. The zero-order valence-electron chi connectivity index (χ0n) is 13.2. The number of fused-ring (bicyclic) bond motifs is 1. The van der Waals surface area contributed by atoms with Crippen LogP contribution in [-0.2, 0) is 16.1 Å². The van der Waals surface area contributed by atoms with Crippen LogP contribution in [0.2, 0.25) is 0 Å². The van der Waals surface area contributed by atoms with Crippen molar-refractivity contribution in [1.29, 1.82) is 0 Å². The zero-order valence-corrected chi connectivity index (χ0v) is 13.2. The maximum Gasteiger partial charge on any atom is 0.313 e. The van der Waals surface area contributed by atoms with Crippen LogP contribution in [0.4, 0.5) is 0 Å². The van der Waals surface area contributed by atoms with Crippen LogP contribution in [0.15, 0.2) is 18.2 Å². The predicted molar refractivity (Wildman–Crippen MR) is 82.0 cm³/mol. The van der Waals surface area contributed by atoms with Gasteiger partial charge in [-0.05, 0) is 36.5 Å². The molecule has 1 aromatic rings. The first-order valence-electron chi connectivity index (χ1n) is 7.72. The molecule has 3 rings (SSSR count). The molecule has 0 aliphatic carbocycles. The van der Waals surface area contributed by atoms with Crippen molar-refractivity contribution in [1.82, 2.24) is 4.90 Å². The van der Waals surface area contributed by atoms with Crippen molar-refractivity contribution in [2.24, 2.45) is 11.3 Å². The summed E-state index contributed by atoms with van der Waals surface area (Å²) in [7, 11) is 1.67. The van der Waals surface area contributed by atoms with Crippen LogP contribution >= 0.6 is 0 Å². The summed E-state index contributed by atoms with van der Waals surface area (Å²) in [6, 6.07) is 6.15. The van der Waals surface area contributed by atoms with E-state index in [2.05, 4.69) is 17.0 Å². The van der Waals surface area contributed by atoms with Crippen molar-refractivity contribution in [2.45, 2.75) is 19.9 Å². The van der Waals surface area contributed by atoms with Crippen molar-refractivity contribution in [3.8, 4) is 5.75 Å². The summed E-state index contributed by atoms with van der Waals surface area (Å²) in [5, 5.41) is 9.67. The molecule has 2 aliphatic heterocycles. The Hall–Kier alpha value is -1.59. The summed E-state index contributed by atoms with van der Waals surface area (Å²) >= 11 is 0. The molecule has 2 saturated heterocycles. The Balaban J connectivity index is 1.74. The van der Waals surface area contributed by atoms with Crippen LogP contribution in [0.25, 0.3) is 0 Å². The first-order chi connectivity index (χ1) is 10.5. The van der Waals surface area contributed by atoms with Crippen molar-refractivity contribution in [2.75, 3.05) is 33.4 Å². The van der Waals surface area contributed by atoms with Gasteiger partial charge in [-0.25, -0.2) is 0 Å². The van der Waals surface area contributed by atoms with E-state index in [1.54, 1.807) is 7.11 Å². The van der Waals surface area contributed by atoms with E-state index in [4.69, 9.17) is 9.47 Å². The molecule has 5 heteroatoms. The van der Waals surface area contributed by atoms with Gasteiger partial charge in [-0.3, -0.25) is 9.69 Å². The maximum atomic E-state index is 11.8. The smallest absolute Gasteiger partial charge is 0.313 e. The molecule has 2 atom stereocenters.